The fourth-order valence-electron chi connectivity index (χ4n) is 18.0. The zero-order chi connectivity index (χ0) is 91.3. The van der Waals surface area contributed by atoms with Gasteiger partial charge in [-0.25, -0.2) is 0 Å². The average Bonchev–Trinajstić information content (AvgIpc) is 1.57. The molecule has 3 saturated heterocycles. The Hall–Kier alpha value is -13.9. The molecule has 1 unspecified atom stereocenters. The molecule has 9 aromatic carbocycles. The lowest BCUT2D eigenvalue weighted by atomic mass is 9.74. The maximum Gasteiger partial charge on any atom is 0.291 e. The summed E-state index contributed by atoms with van der Waals surface area (Å²) in [5.74, 6) is -0.0620. The van der Waals surface area contributed by atoms with Crippen molar-refractivity contribution in [3.8, 4) is 11.5 Å². The predicted molar refractivity (Wildman–Crippen MR) is 505 cm³/mol. The number of carbonyl (C=O) groups excluding carboxylic acids is 9. The van der Waals surface area contributed by atoms with Gasteiger partial charge in [-0.1, -0.05) is 122 Å². The molecule has 131 heavy (non-hydrogen) atoms. The third kappa shape index (κ3) is 22.7. The molecule has 7 heterocycles. The van der Waals surface area contributed by atoms with Crippen LogP contribution in [-0.4, -0.2) is 152 Å². The minimum absolute atomic E-state index is 0.0122. The summed E-state index contributed by atoms with van der Waals surface area (Å²) in [4.78, 5) is 127. The maximum absolute atomic E-state index is 13.8. The third-order valence-electron chi connectivity index (χ3n) is 25.4. The van der Waals surface area contributed by atoms with E-state index in [1.807, 2.05) is 102 Å². The largest absolute Gasteiger partial charge is 0.497 e. The van der Waals surface area contributed by atoms with Crippen LogP contribution in [0.25, 0.3) is 10.9 Å². The molecule has 5 N–H and O–H groups in total. The number of nitrogens with zero attached hydrogens (tertiary/aromatic N) is 5. The molecular weight excluding hydrogens is 1650 g/mol. The molecule has 0 bridgehead atoms. The van der Waals surface area contributed by atoms with E-state index in [0.29, 0.717) is 107 Å². The third-order valence-corrected chi connectivity index (χ3v) is 25.4. The molecule has 0 spiro atoms. The van der Waals surface area contributed by atoms with Crippen molar-refractivity contribution in [1.82, 2.24) is 35.6 Å². The van der Waals surface area contributed by atoms with Crippen LogP contribution in [-0.2, 0) is 57.0 Å². The number of benzene rings is 9. The van der Waals surface area contributed by atoms with Gasteiger partial charge in [0.05, 0.1) is 66.6 Å². The van der Waals surface area contributed by atoms with E-state index in [4.69, 9.17) is 28.3 Å². The number of likely N-dealkylation sites (tertiary alicyclic amines) is 1. The number of hydrogen-bond donors (Lipinski definition) is 5. The Kier molecular flexibility index (Phi) is 30.4. The Morgan fingerprint density at radius 2 is 1.31 bits per heavy atom. The van der Waals surface area contributed by atoms with Gasteiger partial charge >= 0.3 is 0 Å². The summed E-state index contributed by atoms with van der Waals surface area (Å²) < 4.78 is 26.9. The molecule has 1 atom stereocenters. The fourth-order valence-corrected chi connectivity index (χ4v) is 18.0. The Balaban J connectivity index is 0.000000134. The van der Waals surface area contributed by atoms with Crippen LogP contribution in [0.1, 0.15) is 201 Å². The Labute approximate surface area is 764 Å². The number of imide groups is 1. The van der Waals surface area contributed by atoms with Crippen LogP contribution in [0, 0.1) is 13.8 Å². The number of aryl methyl sites for hydroxylation is 3. The van der Waals surface area contributed by atoms with Crippen LogP contribution < -0.4 is 41.0 Å². The number of methoxy groups -OCH3 is 2. The maximum atomic E-state index is 13.8. The number of rotatable bonds is 26. The van der Waals surface area contributed by atoms with Crippen molar-refractivity contribution in [3.05, 3.63) is 343 Å². The molecule has 24 nitrogen and oxygen atoms in total. The van der Waals surface area contributed by atoms with E-state index in [1.54, 1.807) is 93.1 Å². The molecule has 24 heteroatoms. The number of aromatic nitrogens is 1. The topological polar surface area (TPSA) is 290 Å². The van der Waals surface area contributed by atoms with Crippen LogP contribution in [0.2, 0.25) is 0 Å². The summed E-state index contributed by atoms with van der Waals surface area (Å²) in [5, 5.41) is 15.8. The van der Waals surface area contributed by atoms with Gasteiger partial charge < -0.3 is 59.7 Å². The molecule has 18 rings (SSSR count). The Morgan fingerprint density at radius 1 is 0.595 bits per heavy atom. The number of ether oxygens (including phenoxy) is 4. The van der Waals surface area contributed by atoms with Crippen molar-refractivity contribution in [2.24, 2.45) is 0 Å². The quantitative estimate of drug-likeness (QED) is 0.0315. The number of anilines is 3. The summed E-state index contributed by atoms with van der Waals surface area (Å²) in [7, 11) is 3.26. The van der Waals surface area contributed by atoms with Gasteiger partial charge in [-0.15, -0.1) is 0 Å². The van der Waals surface area contributed by atoms with Gasteiger partial charge in [0.15, 0.2) is 5.76 Å². The van der Waals surface area contributed by atoms with Gasteiger partial charge in [0.1, 0.15) is 11.5 Å². The summed E-state index contributed by atoms with van der Waals surface area (Å²) in [6.07, 6.45) is 13.1. The molecular formula is C107H112N10O14. The number of fused-ring (bicyclic) bond motifs is 3. The van der Waals surface area contributed by atoms with Crippen LogP contribution >= 0.6 is 0 Å². The highest BCUT2D eigenvalue weighted by molar-refractivity contribution is 6.21. The van der Waals surface area contributed by atoms with Gasteiger partial charge in [-0.2, -0.15) is 0 Å². The number of para-hydroxylation sites is 2. The number of amides is 9. The first-order chi connectivity index (χ1) is 63.8. The minimum atomic E-state index is -0.340. The summed E-state index contributed by atoms with van der Waals surface area (Å²) in [6.45, 7) is 14.3. The van der Waals surface area contributed by atoms with Crippen LogP contribution in [0.4, 0.5) is 17.1 Å². The molecule has 2 aromatic heterocycles. The lowest BCUT2D eigenvalue weighted by Crippen LogP contribution is -2.44. The summed E-state index contributed by atoms with van der Waals surface area (Å²) in [5.41, 5.74) is 19.0. The number of nitrogens with one attached hydrogen (secondary N) is 5. The van der Waals surface area contributed by atoms with Crippen molar-refractivity contribution >= 4 is 81.1 Å². The second kappa shape index (κ2) is 43.4. The van der Waals surface area contributed by atoms with E-state index >= 15 is 0 Å². The first-order valence-corrected chi connectivity index (χ1v) is 45.3. The Bertz CT molecular complexity index is 6010. The summed E-state index contributed by atoms with van der Waals surface area (Å²) in [6, 6.07) is 72.3. The number of pyridine rings is 1. The van der Waals surface area contributed by atoms with Gasteiger partial charge in [-0.05, 0) is 257 Å². The smallest absolute Gasteiger partial charge is 0.291 e. The number of allylic oxidation sites excluding steroid dienone is 1. The molecule has 7 aliphatic rings. The minimum Gasteiger partial charge on any atom is -0.497 e. The molecule has 674 valence electrons. The van der Waals surface area contributed by atoms with E-state index in [0.717, 1.165) is 160 Å². The van der Waals surface area contributed by atoms with Gasteiger partial charge in [0, 0.05) is 135 Å². The Morgan fingerprint density at radius 3 is 2.03 bits per heavy atom. The first kappa shape index (κ1) is 91.8. The standard InChI is InChI=1S/C28H29N3O2.C28H28N2O2.C26H29N3O5.C25H26N2O5/c32-27(29-26-10-4-3-9-25(26)28(33)31-16-5-6-17-31)23-13-11-21(12-14-23)19-30-18-15-22-7-1-2-8-24(22)20-30;1-5-21-9-6-7-12-27(21)30(28(31)23-10-8-11-25(17-23)32-4)18-24-16-22-14-13-19(2)15-26(22)29-20(24)3;30-22(11-4-12-29-25(32)19-8-1-2-9-20(19)26(29)33)28-21-14-16-6-3-10-18(16)23(21)24(31)27-15-17-7-5-13-34-17;1-30-21-10-6-19(7-11-21)25(12-15-31-16-13-25)17-26-23(28)18-4-8-20(9-5-18)27-24(29)22-3-2-14-32-22/h1-4,7-14H,5-6,15-20H2,(H,29,32);6-17H,5,18H2,1-4H3;1-2,8-9,17H,3-7,10-15H2,(H,27,31)(H,28,30);2-11,14H,12-13,15-17H2,1H3,(H,26,28)(H,27,29). The van der Waals surface area contributed by atoms with E-state index in [9.17, 15) is 43.2 Å². The van der Waals surface area contributed by atoms with E-state index in [2.05, 4.69) is 112 Å². The van der Waals surface area contributed by atoms with Crippen molar-refractivity contribution in [1.29, 1.82) is 0 Å². The number of hydrogen-bond acceptors (Lipinski definition) is 16. The van der Waals surface area contributed by atoms with Crippen LogP contribution in [0.3, 0.4) is 0 Å². The van der Waals surface area contributed by atoms with E-state index < -0.39 is 0 Å². The highest BCUT2D eigenvalue weighted by atomic mass is 16.5. The number of carbonyl (C=O) groups is 9. The monoisotopic (exact) mass is 1760 g/mol. The average molecular weight is 1760 g/mol. The van der Waals surface area contributed by atoms with Gasteiger partial charge in [0.25, 0.3) is 47.3 Å². The molecule has 0 radical (unpaired) electrons. The lowest BCUT2D eigenvalue weighted by Gasteiger charge is -2.38. The van der Waals surface area contributed by atoms with Crippen molar-refractivity contribution in [2.45, 2.75) is 142 Å². The zero-order valence-corrected chi connectivity index (χ0v) is 74.9. The highest BCUT2D eigenvalue weighted by Gasteiger charge is 2.38. The van der Waals surface area contributed by atoms with Crippen LogP contribution in [0.5, 0.6) is 11.5 Å². The predicted octanol–water partition coefficient (Wildman–Crippen LogP) is 17.6. The molecule has 0 saturated carbocycles. The first-order valence-electron chi connectivity index (χ1n) is 45.3. The molecule has 5 aliphatic heterocycles. The fraction of sp³-hybridized carbons (Fsp3) is 0.308. The van der Waals surface area contributed by atoms with Crippen molar-refractivity contribution in [2.75, 3.05) is 88.8 Å². The van der Waals surface area contributed by atoms with E-state index in [1.165, 1.54) is 39.0 Å². The lowest BCUT2D eigenvalue weighted by molar-refractivity contribution is -0.120. The zero-order valence-electron chi connectivity index (χ0n) is 74.9. The van der Waals surface area contributed by atoms with Crippen molar-refractivity contribution < 1.29 is 66.5 Å². The molecule has 2 aliphatic carbocycles. The normalized spacial score (nSPS) is 15.9. The van der Waals surface area contributed by atoms with Gasteiger partial charge in [0.2, 0.25) is 5.91 Å². The van der Waals surface area contributed by atoms with Gasteiger partial charge in [-0.3, -0.25) is 57.9 Å². The molecule has 9 amide bonds. The SMILES string of the molecule is CCc1ccccc1N(Cc1cc2ccc(C)cc2nc1C)C(=O)c1cccc(OC)c1.COc1ccc(C2(CNC(=O)c3ccc(NC(=O)c4ccco4)cc3)CCOCC2)cc1.O=C(CCCN1C(=O)c2ccccc2C1=O)NC1=C(C(=O)NCC2CCCO2)C2=C(CCC2)C1.O=C(Nc1ccccc1C(=O)N1CCCC1)c1ccc(CN2CCc3ccccc3C2)cc1. The van der Waals surface area contributed by atoms with Crippen LogP contribution in [0.15, 0.2) is 264 Å². The highest BCUT2D eigenvalue weighted by Crippen LogP contribution is 2.43. The van der Waals surface area contributed by atoms with Crippen molar-refractivity contribution in [3.63, 3.8) is 0 Å². The number of furan rings is 1. The molecule has 3 fully saturated rings. The molecule has 11 aromatic rings. The summed E-state index contributed by atoms with van der Waals surface area (Å²) >= 11 is 0. The van der Waals surface area contributed by atoms with E-state index in [-0.39, 0.29) is 83.4 Å². The second-order valence-electron chi connectivity index (χ2n) is 34.0. The second-order valence-corrected chi connectivity index (χ2v) is 34.0.